The number of anilines is 1. The van der Waals surface area contributed by atoms with Crippen LogP contribution in [0.1, 0.15) is 12.6 Å². The molecular formula is C9H12ClN3O5. The van der Waals surface area contributed by atoms with Crippen molar-refractivity contribution in [2.75, 3.05) is 12.1 Å². The quantitative estimate of drug-likeness (QED) is 0.542. The Hall–Kier alpha value is -1.19. The maximum absolute atomic E-state index is 11.7. The molecule has 1 aromatic heterocycles. The Morgan fingerprint density at radius 2 is 2.39 bits per heavy atom. The van der Waals surface area contributed by atoms with E-state index in [-0.39, 0.29) is 23.9 Å². The Morgan fingerprint density at radius 3 is 2.94 bits per heavy atom. The second-order valence-corrected chi connectivity index (χ2v) is 4.28. The van der Waals surface area contributed by atoms with Crippen molar-refractivity contribution < 1.29 is 20.2 Å². The number of aliphatic hydroxyl groups excluding tert-OH is 2. The van der Waals surface area contributed by atoms with Gasteiger partial charge in [0.25, 0.3) is 0 Å². The molecule has 0 saturated carbocycles. The number of hydrogen-bond donors (Lipinski definition) is 4. The minimum absolute atomic E-state index is 0.000323. The summed E-state index contributed by atoms with van der Waals surface area (Å²) >= 11 is 5.77. The van der Waals surface area contributed by atoms with Crippen LogP contribution in [-0.4, -0.2) is 43.8 Å². The summed E-state index contributed by atoms with van der Waals surface area (Å²) in [4.78, 5) is 15.1. The molecule has 18 heavy (non-hydrogen) atoms. The van der Waals surface area contributed by atoms with E-state index in [1.807, 2.05) is 0 Å². The minimum atomic E-state index is -0.951. The predicted octanol–water partition coefficient (Wildman–Crippen LogP) is -0.662. The molecule has 100 valence electrons. The van der Waals surface area contributed by atoms with Gasteiger partial charge < -0.3 is 14.9 Å². The molecule has 2 rings (SSSR count). The lowest BCUT2D eigenvalue weighted by Gasteiger charge is -2.17. The molecule has 1 saturated heterocycles. The molecule has 4 N–H and O–H groups in total. The van der Waals surface area contributed by atoms with Gasteiger partial charge in [0.05, 0.1) is 12.7 Å². The Kier molecular flexibility index (Phi) is 3.83. The maximum Gasteiger partial charge on any atom is 0.351 e. The average Bonchev–Trinajstić information content (AvgIpc) is 2.73. The highest BCUT2D eigenvalue weighted by molar-refractivity contribution is 6.32. The molecule has 0 radical (unpaired) electrons. The zero-order valence-corrected chi connectivity index (χ0v) is 9.91. The summed E-state index contributed by atoms with van der Waals surface area (Å²) in [5.41, 5.74) is 0.948. The second-order valence-electron chi connectivity index (χ2n) is 3.87. The molecule has 2 heterocycles. The van der Waals surface area contributed by atoms with Crippen LogP contribution in [0.25, 0.3) is 0 Å². The average molecular weight is 278 g/mol. The highest BCUT2D eigenvalue weighted by Crippen LogP contribution is 2.28. The number of hydrogen-bond acceptors (Lipinski definition) is 7. The molecule has 0 bridgehead atoms. The van der Waals surface area contributed by atoms with E-state index in [0.717, 1.165) is 4.57 Å². The summed E-state index contributed by atoms with van der Waals surface area (Å²) < 4.78 is 6.32. The molecule has 0 unspecified atom stereocenters. The summed E-state index contributed by atoms with van der Waals surface area (Å²) in [5, 5.41) is 27.4. The van der Waals surface area contributed by atoms with Crippen molar-refractivity contribution in [2.24, 2.45) is 0 Å². The lowest BCUT2D eigenvalue weighted by atomic mass is 10.2. The van der Waals surface area contributed by atoms with Crippen molar-refractivity contribution in [2.45, 2.75) is 24.9 Å². The van der Waals surface area contributed by atoms with Gasteiger partial charge in [0.1, 0.15) is 11.1 Å². The molecule has 0 aromatic carbocycles. The molecule has 9 heteroatoms. The van der Waals surface area contributed by atoms with Crippen LogP contribution in [0, 0.1) is 0 Å². The van der Waals surface area contributed by atoms with Crippen molar-refractivity contribution in [3.63, 3.8) is 0 Å². The molecule has 3 atom stereocenters. The smallest absolute Gasteiger partial charge is 0.351 e. The van der Waals surface area contributed by atoms with Crippen LogP contribution < -0.4 is 11.2 Å². The van der Waals surface area contributed by atoms with Crippen LogP contribution in [0.5, 0.6) is 0 Å². The van der Waals surface area contributed by atoms with Gasteiger partial charge in [-0.05, 0) is 0 Å². The molecule has 1 aromatic rings. The molecule has 0 aliphatic carbocycles. The first-order valence-corrected chi connectivity index (χ1v) is 5.57. The molecular weight excluding hydrogens is 266 g/mol. The standard InChI is InChI=1S/C9H12ClN3O5/c10-5-2-13(9(16)11-7(5)12-17)8-6(15)1-4(3-14)18-8/h2,4,6,8,14-15,17H,1,3H2,(H,11,12,16)/t4-,6+,8+/m0/s1. The van der Waals surface area contributed by atoms with E-state index < -0.39 is 24.1 Å². The fourth-order valence-corrected chi connectivity index (χ4v) is 1.99. The number of nitrogens with zero attached hydrogens (tertiary/aromatic N) is 2. The molecule has 1 aliphatic rings. The fourth-order valence-electron chi connectivity index (χ4n) is 1.80. The Balaban J connectivity index is 2.34. The van der Waals surface area contributed by atoms with Gasteiger partial charge in [0, 0.05) is 12.6 Å². The van der Waals surface area contributed by atoms with E-state index in [1.54, 1.807) is 5.48 Å². The van der Waals surface area contributed by atoms with Crippen LogP contribution in [0.4, 0.5) is 5.82 Å². The van der Waals surface area contributed by atoms with Crippen LogP contribution in [-0.2, 0) is 4.74 Å². The number of rotatable bonds is 3. The van der Waals surface area contributed by atoms with Crippen LogP contribution in [0.2, 0.25) is 5.02 Å². The topological polar surface area (TPSA) is 117 Å². The van der Waals surface area contributed by atoms with E-state index in [4.69, 9.17) is 26.7 Å². The first kappa shape index (κ1) is 13.2. The first-order chi connectivity index (χ1) is 8.56. The van der Waals surface area contributed by atoms with E-state index in [2.05, 4.69) is 4.98 Å². The molecule has 0 spiro atoms. The number of aromatic nitrogens is 2. The lowest BCUT2D eigenvalue weighted by Crippen LogP contribution is -2.32. The summed E-state index contributed by atoms with van der Waals surface area (Å²) in [6, 6.07) is 0. The largest absolute Gasteiger partial charge is 0.394 e. The van der Waals surface area contributed by atoms with Crippen LogP contribution >= 0.6 is 11.6 Å². The van der Waals surface area contributed by atoms with Gasteiger partial charge in [0.2, 0.25) is 0 Å². The number of ether oxygens (including phenoxy) is 1. The zero-order chi connectivity index (χ0) is 13.3. The Labute approximate surface area is 106 Å². The van der Waals surface area contributed by atoms with Gasteiger partial charge in [-0.2, -0.15) is 4.98 Å². The summed E-state index contributed by atoms with van der Waals surface area (Å²) in [5.74, 6) is -0.177. The normalized spacial score (nSPS) is 27.4. The van der Waals surface area contributed by atoms with E-state index in [1.165, 1.54) is 6.20 Å². The maximum atomic E-state index is 11.7. The number of halogens is 1. The second kappa shape index (κ2) is 5.21. The monoisotopic (exact) mass is 277 g/mol. The minimum Gasteiger partial charge on any atom is -0.394 e. The lowest BCUT2D eigenvalue weighted by molar-refractivity contribution is -0.0529. The van der Waals surface area contributed by atoms with Crippen LogP contribution in [0.3, 0.4) is 0 Å². The van der Waals surface area contributed by atoms with Crippen molar-refractivity contribution in [3.8, 4) is 0 Å². The number of aliphatic hydroxyl groups is 2. The van der Waals surface area contributed by atoms with Gasteiger partial charge in [-0.1, -0.05) is 11.6 Å². The van der Waals surface area contributed by atoms with Gasteiger partial charge in [-0.3, -0.25) is 15.3 Å². The van der Waals surface area contributed by atoms with Crippen molar-refractivity contribution >= 4 is 17.4 Å². The summed E-state index contributed by atoms with van der Waals surface area (Å²) in [7, 11) is 0. The third kappa shape index (κ3) is 2.33. The summed E-state index contributed by atoms with van der Waals surface area (Å²) in [6.07, 6.45) is -1.02. The van der Waals surface area contributed by atoms with Crippen molar-refractivity contribution in [1.82, 2.24) is 9.55 Å². The highest BCUT2D eigenvalue weighted by atomic mass is 35.5. The van der Waals surface area contributed by atoms with Crippen molar-refractivity contribution in [3.05, 3.63) is 21.7 Å². The van der Waals surface area contributed by atoms with Gasteiger partial charge in [-0.15, -0.1) is 0 Å². The molecule has 0 amide bonds. The van der Waals surface area contributed by atoms with Gasteiger partial charge >= 0.3 is 5.69 Å². The first-order valence-electron chi connectivity index (χ1n) is 5.20. The molecule has 8 nitrogen and oxygen atoms in total. The van der Waals surface area contributed by atoms with Crippen molar-refractivity contribution in [1.29, 1.82) is 0 Å². The van der Waals surface area contributed by atoms with Gasteiger partial charge in [-0.25, -0.2) is 4.79 Å². The fraction of sp³-hybridized carbons (Fsp3) is 0.556. The van der Waals surface area contributed by atoms with Gasteiger partial charge in [0.15, 0.2) is 12.0 Å². The van der Waals surface area contributed by atoms with Crippen LogP contribution in [0.15, 0.2) is 11.0 Å². The predicted molar refractivity (Wildman–Crippen MR) is 60.5 cm³/mol. The third-order valence-corrected chi connectivity index (χ3v) is 2.93. The number of nitrogens with one attached hydrogen (secondary N) is 1. The zero-order valence-electron chi connectivity index (χ0n) is 9.15. The summed E-state index contributed by atoms with van der Waals surface area (Å²) in [6.45, 7) is -0.250. The SMILES string of the molecule is O=c1nc(NO)c(Cl)cn1[C@@H]1O[C@H](CO)C[C@H]1O. The third-order valence-electron chi connectivity index (χ3n) is 2.66. The Bertz CT molecular complexity index is 494. The molecule has 1 fully saturated rings. The Morgan fingerprint density at radius 1 is 1.67 bits per heavy atom. The van der Waals surface area contributed by atoms with E-state index >= 15 is 0 Å². The molecule has 1 aliphatic heterocycles. The van der Waals surface area contributed by atoms with E-state index in [9.17, 15) is 9.90 Å². The van der Waals surface area contributed by atoms with E-state index in [0.29, 0.717) is 0 Å². The highest BCUT2D eigenvalue weighted by Gasteiger charge is 2.35.